The average molecular weight is 291 g/mol. The molecular weight excluding hydrogens is 270 g/mol. The van der Waals surface area contributed by atoms with Crippen molar-refractivity contribution in [2.75, 3.05) is 25.9 Å². The third-order valence-corrected chi connectivity index (χ3v) is 5.09. The van der Waals surface area contributed by atoms with Gasteiger partial charge in [-0.05, 0) is 50.1 Å². The summed E-state index contributed by atoms with van der Waals surface area (Å²) in [5, 5.41) is 4.42. The van der Waals surface area contributed by atoms with E-state index in [4.69, 9.17) is 0 Å². The first-order chi connectivity index (χ1) is 9.79. The smallest absolute Gasteiger partial charge is 0.256 e. The highest BCUT2D eigenvalue weighted by Gasteiger charge is 2.33. The van der Waals surface area contributed by atoms with Gasteiger partial charge >= 0.3 is 0 Å². The van der Waals surface area contributed by atoms with Crippen molar-refractivity contribution >= 4 is 17.7 Å². The summed E-state index contributed by atoms with van der Waals surface area (Å²) in [6.07, 6.45) is 7.26. The Morgan fingerprint density at radius 1 is 1.50 bits per heavy atom. The van der Waals surface area contributed by atoms with Gasteiger partial charge in [0, 0.05) is 25.3 Å². The van der Waals surface area contributed by atoms with Crippen molar-refractivity contribution in [2.24, 2.45) is 5.92 Å². The summed E-state index contributed by atoms with van der Waals surface area (Å²) in [6, 6.07) is 4.36. The van der Waals surface area contributed by atoms with Gasteiger partial charge in [0.25, 0.3) is 5.91 Å². The summed E-state index contributed by atoms with van der Waals surface area (Å²) in [4.78, 5) is 19.0. The lowest BCUT2D eigenvalue weighted by molar-refractivity contribution is 0.0588. The van der Waals surface area contributed by atoms with E-state index in [0.717, 1.165) is 36.6 Å². The lowest BCUT2D eigenvalue weighted by atomic mass is 9.85. The number of hydrogen-bond donors (Lipinski definition) is 1. The van der Waals surface area contributed by atoms with Crippen LogP contribution in [0.25, 0.3) is 0 Å². The summed E-state index contributed by atoms with van der Waals surface area (Å²) in [5.74, 6) is 0.766. The van der Waals surface area contributed by atoms with Gasteiger partial charge in [-0.15, -0.1) is 11.8 Å². The maximum Gasteiger partial charge on any atom is 0.256 e. The Morgan fingerprint density at radius 3 is 3.25 bits per heavy atom. The topological polar surface area (TPSA) is 45.2 Å². The molecule has 1 aromatic rings. The van der Waals surface area contributed by atoms with E-state index in [1.807, 2.05) is 23.3 Å². The van der Waals surface area contributed by atoms with Crippen molar-refractivity contribution in [3.8, 4) is 0 Å². The number of hydrogen-bond acceptors (Lipinski definition) is 4. The van der Waals surface area contributed by atoms with Gasteiger partial charge in [0.15, 0.2) is 0 Å². The first-order valence-electron chi connectivity index (χ1n) is 7.31. The van der Waals surface area contributed by atoms with E-state index in [0.29, 0.717) is 12.0 Å². The van der Waals surface area contributed by atoms with Crippen LogP contribution in [0.5, 0.6) is 0 Å². The van der Waals surface area contributed by atoms with Crippen LogP contribution in [0.15, 0.2) is 23.4 Å². The quantitative estimate of drug-likeness (QED) is 0.847. The normalized spacial score (nSPS) is 26.1. The van der Waals surface area contributed by atoms with Crippen LogP contribution in [-0.2, 0) is 0 Å². The molecule has 108 valence electrons. The number of carbonyl (C=O) groups excluding carboxylic acids is 1. The first kappa shape index (κ1) is 13.9. The van der Waals surface area contributed by atoms with Gasteiger partial charge < -0.3 is 10.2 Å². The highest BCUT2D eigenvalue weighted by molar-refractivity contribution is 7.98. The van der Waals surface area contributed by atoms with Gasteiger partial charge in [-0.3, -0.25) is 4.79 Å². The molecule has 0 aliphatic carbocycles. The van der Waals surface area contributed by atoms with E-state index < -0.39 is 0 Å². The SMILES string of the molecule is CSc1ncccc1C(=O)N1CC[C@@H]2NCCC[C@@H]2C1. The Bertz CT molecular complexity index is 494. The highest BCUT2D eigenvalue weighted by Crippen LogP contribution is 2.27. The Labute approximate surface area is 124 Å². The van der Waals surface area contributed by atoms with Gasteiger partial charge in [0.05, 0.1) is 5.56 Å². The average Bonchev–Trinajstić information content (AvgIpc) is 2.53. The molecule has 2 atom stereocenters. The van der Waals surface area contributed by atoms with Crippen LogP contribution in [0.1, 0.15) is 29.6 Å². The van der Waals surface area contributed by atoms with E-state index in [1.165, 1.54) is 24.6 Å². The molecule has 3 heterocycles. The van der Waals surface area contributed by atoms with Crippen molar-refractivity contribution in [1.82, 2.24) is 15.2 Å². The second-order valence-corrected chi connectivity index (χ2v) is 6.36. The fourth-order valence-corrected chi connectivity index (χ4v) is 3.86. The van der Waals surface area contributed by atoms with Crippen LogP contribution in [0.2, 0.25) is 0 Å². The van der Waals surface area contributed by atoms with Crippen molar-refractivity contribution in [2.45, 2.75) is 30.3 Å². The number of carbonyl (C=O) groups is 1. The van der Waals surface area contributed by atoms with E-state index >= 15 is 0 Å². The molecule has 1 N–H and O–H groups in total. The van der Waals surface area contributed by atoms with Crippen molar-refractivity contribution in [3.05, 3.63) is 23.9 Å². The third-order valence-electron chi connectivity index (χ3n) is 4.37. The van der Waals surface area contributed by atoms with Crippen LogP contribution >= 0.6 is 11.8 Å². The second-order valence-electron chi connectivity index (χ2n) is 5.56. The van der Waals surface area contributed by atoms with Gasteiger partial charge in [0.1, 0.15) is 5.03 Å². The molecule has 0 spiro atoms. The van der Waals surface area contributed by atoms with Crippen LogP contribution in [0.4, 0.5) is 0 Å². The molecule has 2 saturated heterocycles. The lowest BCUT2D eigenvalue weighted by Crippen LogP contribution is -2.53. The van der Waals surface area contributed by atoms with E-state index in [9.17, 15) is 4.79 Å². The van der Waals surface area contributed by atoms with Crippen LogP contribution in [0, 0.1) is 5.92 Å². The van der Waals surface area contributed by atoms with E-state index in [-0.39, 0.29) is 5.91 Å². The minimum atomic E-state index is 0.145. The van der Waals surface area contributed by atoms with Crippen molar-refractivity contribution in [1.29, 1.82) is 0 Å². The van der Waals surface area contributed by atoms with Gasteiger partial charge in [-0.1, -0.05) is 0 Å². The summed E-state index contributed by atoms with van der Waals surface area (Å²) < 4.78 is 0. The molecule has 20 heavy (non-hydrogen) atoms. The number of fused-ring (bicyclic) bond motifs is 1. The molecular formula is C15H21N3OS. The number of aromatic nitrogens is 1. The standard InChI is InChI=1S/C15H21N3OS/c1-20-14-12(5-3-8-17-14)15(19)18-9-6-13-11(10-18)4-2-7-16-13/h3,5,8,11,13,16H,2,4,6-7,9-10H2,1H3/t11-,13+/m1/s1. The van der Waals surface area contributed by atoms with E-state index in [1.54, 1.807) is 6.20 Å². The lowest BCUT2D eigenvalue weighted by Gasteiger charge is -2.41. The number of nitrogens with zero attached hydrogens (tertiary/aromatic N) is 2. The Balaban J connectivity index is 1.74. The fraction of sp³-hybridized carbons (Fsp3) is 0.600. The fourth-order valence-electron chi connectivity index (χ4n) is 3.32. The highest BCUT2D eigenvalue weighted by atomic mass is 32.2. The zero-order valence-corrected chi connectivity index (χ0v) is 12.7. The summed E-state index contributed by atoms with van der Waals surface area (Å²) in [7, 11) is 0. The molecule has 1 aromatic heterocycles. The molecule has 2 aliphatic heterocycles. The molecule has 0 unspecified atom stereocenters. The molecule has 3 rings (SSSR count). The minimum absolute atomic E-state index is 0.145. The van der Waals surface area contributed by atoms with Crippen LogP contribution in [-0.4, -0.2) is 47.7 Å². The number of thioether (sulfide) groups is 1. The van der Waals surface area contributed by atoms with Gasteiger partial charge in [-0.2, -0.15) is 0 Å². The van der Waals surface area contributed by atoms with Crippen LogP contribution < -0.4 is 5.32 Å². The van der Waals surface area contributed by atoms with Gasteiger partial charge in [0.2, 0.25) is 0 Å². The van der Waals surface area contributed by atoms with Crippen molar-refractivity contribution < 1.29 is 4.79 Å². The maximum atomic E-state index is 12.7. The Hall–Kier alpha value is -1.07. The largest absolute Gasteiger partial charge is 0.338 e. The van der Waals surface area contributed by atoms with Crippen LogP contribution in [0.3, 0.4) is 0 Å². The summed E-state index contributed by atoms with van der Waals surface area (Å²) in [5.41, 5.74) is 0.752. The maximum absolute atomic E-state index is 12.7. The predicted octanol–water partition coefficient (Wildman–Crippen LogP) is 2.02. The number of rotatable bonds is 2. The summed E-state index contributed by atoms with van der Waals surface area (Å²) in [6.45, 7) is 2.88. The predicted molar refractivity (Wildman–Crippen MR) is 81.1 cm³/mol. The molecule has 0 radical (unpaired) electrons. The molecule has 0 saturated carbocycles. The first-order valence-corrected chi connectivity index (χ1v) is 8.53. The Kier molecular flexibility index (Phi) is 4.27. The molecule has 0 aromatic carbocycles. The Morgan fingerprint density at radius 2 is 2.40 bits per heavy atom. The third kappa shape index (κ3) is 2.69. The molecule has 0 bridgehead atoms. The van der Waals surface area contributed by atoms with E-state index in [2.05, 4.69) is 10.3 Å². The molecule has 5 heteroatoms. The number of nitrogens with one attached hydrogen (secondary N) is 1. The molecule has 2 fully saturated rings. The number of amides is 1. The summed E-state index contributed by atoms with van der Waals surface area (Å²) >= 11 is 1.54. The zero-order chi connectivity index (χ0) is 13.9. The number of piperidine rings is 2. The number of pyridine rings is 1. The second kappa shape index (κ2) is 6.14. The van der Waals surface area contributed by atoms with Crippen molar-refractivity contribution in [3.63, 3.8) is 0 Å². The zero-order valence-electron chi connectivity index (χ0n) is 11.8. The van der Waals surface area contributed by atoms with Gasteiger partial charge in [-0.25, -0.2) is 4.98 Å². The molecule has 2 aliphatic rings. The minimum Gasteiger partial charge on any atom is -0.338 e. The molecule has 1 amide bonds. The monoisotopic (exact) mass is 291 g/mol. The number of likely N-dealkylation sites (tertiary alicyclic amines) is 1. The molecule has 4 nitrogen and oxygen atoms in total.